The SMILES string of the molecule is CCOC(=O)CCNc1cc(F)c(Br)cc1[N+](=O)[O-]. The highest BCUT2D eigenvalue weighted by atomic mass is 79.9. The van der Waals surface area contributed by atoms with Crippen LogP contribution in [0.25, 0.3) is 0 Å². The molecule has 0 radical (unpaired) electrons. The Kier molecular flexibility index (Phi) is 5.68. The summed E-state index contributed by atoms with van der Waals surface area (Å²) in [4.78, 5) is 21.3. The van der Waals surface area contributed by atoms with Crippen molar-refractivity contribution in [2.24, 2.45) is 0 Å². The molecule has 8 heteroatoms. The fraction of sp³-hybridized carbons (Fsp3) is 0.364. The molecule has 0 aliphatic heterocycles. The molecule has 1 aromatic rings. The number of ether oxygens (including phenoxy) is 1. The number of nitrogens with zero attached hydrogens (tertiary/aromatic N) is 1. The van der Waals surface area contributed by atoms with Crippen LogP contribution < -0.4 is 5.32 Å². The summed E-state index contributed by atoms with van der Waals surface area (Å²) < 4.78 is 18.0. The lowest BCUT2D eigenvalue weighted by molar-refractivity contribution is -0.384. The molecule has 0 unspecified atom stereocenters. The Hall–Kier alpha value is -1.70. The van der Waals surface area contributed by atoms with Gasteiger partial charge in [-0.05, 0) is 22.9 Å². The van der Waals surface area contributed by atoms with Gasteiger partial charge < -0.3 is 10.1 Å². The average molecular weight is 335 g/mol. The lowest BCUT2D eigenvalue weighted by Crippen LogP contribution is -2.12. The molecule has 19 heavy (non-hydrogen) atoms. The zero-order valence-electron chi connectivity index (χ0n) is 10.1. The number of benzene rings is 1. The lowest BCUT2D eigenvalue weighted by atomic mass is 10.2. The third-order valence-corrected chi connectivity index (χ3v) is 2.79. The van der Waals surface area contributed by atoms with Gasteiger partial charge in [0, 0.05) is 18.7 Å². The van der Waals surface area contributed by atoms with Crippen LogP contribution in [0, 0.1) is 15.9 Å². The molecular weight excluding hydrogens is 323 g/mol. The number of hydrogen-bond acceptors (Lipinski definition) is 5. The van der Waals surface area contributed by atoms with Crippen LogP contribution in [0.1, 0.15) is 13.3 Å². The second-order valence-corrected chi connectivity index (χ2v) is 4.38. The molecule has 0 spiro atoms. The Morgan fingerprint density at radius 2 is 2.26 bits per heavy atom. The first-order valence-electron chi connectivity index (χ1n) is 5.48. The van der Waals surface area contributed by atoms with E-state index < -0.39 is 16.7 Å². The summed E-state index contributed by atoms with van der Waals surface area (Å²) in [6.07, 6.45) is 0.0443. The summed E-state index contributed by atoms with van der Waals surface area (Å²) in [5, 5.41) is 13.5. The van der Waals surface area contributed by atoms with Crippen LogP contribution in [0.2, 0.25) is 0 Å². The predicted octanol–water partition coefficient (Wildman–Crippen LogP) is 2.86. The molecule has 0 amide bonds. The first kappa shape index (κ1) is 15.4. The summed E-state index contributed by atoms with van der Waals surface area (Å²) in [6, 6.07) is 2.08. The van der Waals surface area contributed by atoms with E-state index in [9.17, 15) is 19.3 Å². The van der Waals surface area contributed by atoms with Crippen molar-refractivity contribution in [2.75, 3.05) is 18.5 Å². The maximum absolute atomic E-state index is 13.3. The van der Waals surface area contributed by atoms with Crippen molar-refractivity contribution in [3.8, 4) is 0 Å². The maximum atomic E-state index is 13.3. The smallest absolute Gasteiger partial charge is 0.307 e. The van der Waals surface area contributed by atoms with Crippen LogP contribution >= 0.6 is 15.9 Å². The van der Waals surface area contributed by atoms with E-state index in [0.717, 1.165) is 12.1 Å². The van der Waals surface area contributed by atoms with Crippen molar-refractivity contribution >= 4 is 33.3 Å². The van der Waals surface area contributed by atoms with Gasteiger partial charge >= 0.3 is 5.97 Å². The van der Waals surface area contributed by atoms with E-state index in [-0.39, 0.29) is 35.4 Å². The molecule has 0 saturated heterocycles. The Labute approximate surface area is 117 Å². The van der Waals surface area contributed by atoms with Crippen molar-refractivity contribution in [1.82, 2.24) is 0 Å². The zero-order chi connectivity index (χ0) is 14.4. The van der Waals surface area contributed by atoms with E-state index in [1.165, 1.54) is 0 Å². The van der Waals surface area contributed by atoms with E-state index in [2.05, 4.69) is 21.2 Å². The topological polar surface area (TPSA) is 81.5 Å². The molecule has 6 nitrogen and oxygen atoms in total. The molecule has 1 N–H and O–H groups in total. The Morgan fingerprint density at radius 3 is 2.84 bits per heavy atom. The number of carbonyl (C=O) groups is 1. The number of carbonyl (C=O) groups excluding carboxylic acids is 1. The van der Waals surface area contributed by atoms with Crippen molar-refractivity contribution in [1.29, 1.82) is 0 Å². The van der Waals surface area contributed by atoms with Gasteiger partial charge in [-0.3, -0.25) is 14.9 Å². The molecular formula is C11H12BrFN2O4. The largest absolute Gasteiger partial charge is 0.466 e. The standard InChI is InChI=1S/C11H12BrFN2O4/c1-2-19-11(16)3-4-14-9-6-8(13)7(12)5-10(9)15(17)18/h5-6,14H,2-4H2,1H3. The normalized spacial score (nSPS) is 10.1. The second kappa shape index (κ2) is 7.03. The molecule has 0 saturated carbocycles. The highest BCUT2D eigenvalue weighted by Crippen LogP contribution is 2.30. The minimum absolute atomic E-state index is 0.00939. The first-order valence-corrected chi connectivity index (χ1v) is 6.28. The van der Waals surface area contributed by atoms with Gasteiger partial charge in [-0.15, -0.1) is 0 Å². The highest BCUT2D eigenvalue weighted by molar-refractivity contribution is 9.10. The van der Waals surface area contributed by atoms with Gasteiger partial charge in [0.1, 0.15) is 11.5 Å². The van der Waals surface area contributed by atoms with E-state index >= 15 is 0 Å². The summed E-state index contributed by atoms with van der Waals surface area (Å²) in [5.41, 5.74) is -0.243. The number of halogens is 2. The van der Waals surface area contributed by atoms with Crippen LogP contribution in [0.5, 0.6) is 0 Å². The maximum Gasteiger partial charge on any atom is 0.307 e. The van der Waals surface area contributed by atoms with Crippen molar-refractivity contribution in [3.63, 3.8) is 0 Å². The molecule has 0 fully saturated rings. The van der Waals surface area contributed by atoms with Gasteiger partial charge in [-0.25, -0.2) is 4.39 Å². The molecule has 0 aliphatic rings. The molecule has 104 valence electrons. The van der Waals surface area contributed by atoms with Gasteiger partial charge in [0.25, 0.3) is 5.69 Å². The zero-order valence-corrected chi connectivity index (χ0v) is 11.7. The van der Waals surface area contributed by atoms with E-state index in [1.54, 1.807) is 6.92 Å². The number of rotatable bonds is 6. The summed E-state index contributed by atoms with van der Waals surface area (Å²) in [5.74, 6) is -1.04. The number of hydrogen-bond donors (Lipinski definition) is 1. The number of nitro benzene ring substituents is 1. The predicted molar refractivity (Wildman–Crippen MR) is 70.5 cm³/mol. The number of nitrogens with one attached hydrogen (secondary N) is 1. The molecule has 1 aromatic carbocycles. The molecule has 0 aliphatic carbocycles. The fourth-order valence-corrected chi connectivity index (χ4v) is 1.69. The van der Waals surface area contributed by atoms with Crippen LogP contribution in [0.3, 0.4) is 0 Å². The molecule has 0 aromatic heterocycles. The number of nitro groups is 1. The molecule has 0 heterocycles. The summed E-state index contributed by atoms with van der Waals surface area (Å²) in [6.45, 7) is 2.08. The Balaban J connectivity index is 2.74. The van der Waals surface area contributed by atoms with Crippen LogP contribution in [0.4, 0.5) is 15.8 Å². The number of esters is 1. The molecule has 0 bridgehead atoms. The third-order valence-electron chi connectivity index (χ3n) is 2.19. The van der Waals surface area contributed by atoms with Crippen LogP contribution in [0.15, 0.2) is 16.6 Å². The van der Waals surface area contributed by atoms with Crippen LogP contribution in [-0.2, 0) is 9.53 Å². The summed E-state index contributed by atoms with van der Waals surface area (Å²) >= 11 is 2.88. The quantitative estimate of drug-likeness (QED) is 0.491. The van der Waals surface area contributed by atoms with Crippen molar-refractivity contribution in [2.45, 2.75) is 13.3 Å². The lowest BCUT2D eigenvalue weighted by Gasteiger charge is -2.07. The minimum atomic E-state index is -0.628. The minimum Gasteiger partial charge on any atom is -0.466 e. The average Bonchev–Trinajstić information content (AvgIpc) is 2.33. The van der Waals surface area contributed by atoms with Gasteiger partial charge in [-0.2, -0.15) is 0 Å². The number of anilines is 1. The van der Waals surface area contributed by atoms with Gasteiger partial charge in [0.05, 0.1) is 22.4 Å². The van der Waals surface area contributed by atoms with E-state index in [0.29, 0.717) is 0 Å². The van der Waals surface area contributed by atoms with Crippen LogP contribution in [-0.4, -0.2) is 24.0 Å². The Bertz CT molecular complexity index is 496. The van der Waals surface area contributed by atoms with Gasteiger partial charge in [0.15, 0.2) is 0 Å². The van der Waals surface area contributed by atoms with E-state index in [4.69, 9.17) is 4.74 Å². The van der Waals surface area contributed by atoms with Gasteiger partial charge in [0.2, 0.25) is 0 Å². The highest BCUT2D eigenvalue weighted by Gasteiger charge is 2.17. The third kappa shape index (κ3) is 4.47. The summed E-state index contributed by atoms with van der Waals surface area (Å²) in [7, 11) is 0. The van der Waals surface area contributed by atoms with Gasteiger partial charge in [-0.1, -0.05) is 0 Å². The van der Waals surface area contributed by atoms with Crippen molar-refractivity contribution < 1.29 is 18.8 Å². The van der Waals surface area contributed by atoms with E-state index in [1.807, 2.05) is 0 Å². The molecule has 1 rings (SSSR count). The Morgan fingerprint density at radius 1 is 1.58 bits per heavy atom. The fourth-order valence-electron chi connectivity index (χ4n) is 1.36. The monoisotopic (exact) mass is 334 g/mol. The van der Waals surface area contributed by atoms with Crippen molar-refractivity contribution in [3.05, 3.63) is 32.5 Å². The first-order chi connectivity index (χ1) is 8.95. The second-order valence-electron chi connectivity index (χ2n) is 3.52. The molecule has 0 atom stereocenters.